The highest BCUT2D eigenvalue weighted by molar-refractivity contribution is 7.80. The van der Waals surface area contributed by atoms with Gasteiger partial charge in [0.2, 0.25) is 5.91 Å². The van der Waals surface area contributed by atoms with Crippen molar-refractivity contribution in [2.24, 2.45) is 11.1 Å². The van der Waals surface area contributed by atoms with E-state index in [-0.39, 0.29) is 17.4 Å². The first-order valence-corrected chi connectivity index (χ1v) is 5.99. The fourth-order valence-corrected chi connectivity index (χ4v) is 1.73. The predicted molar refractivity (Wildman–Crippen MR) is 67.2 cm³/mol. The average molecular weight is 244 g/mol. The maximum atomic E-state index is 12.2. The van der Waals surface area contributed by atoms with Gasteiger partial charge in [-0.15, -0.1) is 0 Å². The lowest BCUT2D eigenvalue weighted by Gasteiger charge is -2.37. The molecule has 1 aliphatic heterocycles. The number of nitrogens with two attached hydrogens (primary N) is 1. The van der Waals surface area contributed by atoms with Gasteiger partial charge in [-0.3, -0.25) is 4.79 Å². The zero-order valence-electron chi connectivity index (χ0n) is 10.2. The molecule has 0 saturated carbocycles. The number of nitrogens with zero attached hydrogens (tertiary/aromatic N) is 1. The van der Waals surface area contributed by atoms with Gasteiger partial charge in [0.25, 0.3) is 0 Å². The third-order valence-electron chi connectivity index (χ3n) is 3.13. The summed E-state index contributed by atoms with van der Waals surface area (Å²) < 4.78 is 5.41. The van der Waals surface area contributed by atoms with E-state index >= 15 is 0 Å². The Bertz CT molecular complexity index is 292. The largest absolute Gasteiger partial charge is 0.391 e. The van der Waals surface area contributed by atoms with Crippen molar-refractivity contribution in [3.63, 3.8) is 0 Å². The highest BCUT2D eigenvalue weighted by atomic mass is 32.1. The first kappa shape index (κ1) is 13.4. The Hall–Kier alpha value is -0.680. The Morgan fingerprint density at radius 3 is 2.75 bits per heavy atom. The maximum Gasteiger partial charge on any atom is 0.228 e. The molecule has 4 nitrogen and oxygen atoms in total. The minimum atomic E-state index is -0.321. The molecule has 1 atom stereocenters. The molecule has 0 aliphatic carbocycles. The van der Waals surface area contributed by atoms with Gasteiger partial charge in [-0.05, 0) is 6.42 Å². The molecule has 1 amide bonds. The zero-order chi connectivity index (χ0) is 12.3. The summed E-state index contributed by atoms with van der Waals surface area (Å²) in [5, 5.41) is 0. The molecule has 5 heteroatoms. The van der Waals surface area contributed by atoms with E-state index in [0.717, 1.165) is 6.42 Å². The van der Waals surface area contributed by atoms with Crippen LogP contribution in [0.5, 0.6) is 0 Å². The second kappa shape index (κ2) is 5.10. The number of thiocarbonyl (C=S) groups is 1. The fourth-order valence-electron chi connectivity index (χ4n) is 1.59. The molecule has 0 radical (unpaired) electrons. The number of morpholine rings is 1. The summed E-state index contributed by atoms with van der Waals surface area (Å²) in [6.45, 7) is 7.55. The molecule has 0 aromatic heterocycles. The molecule has 0 aromatic rings. The minimum Gasteiger partial charge on any atom is -0.391 e. The van der Waals surface area contributed by atoms with Gasteiger partial charge >= 0.3 is 0 Å². The van der Waals surface area contributed by atoms with Crippen LogP contribution < -0.4 is 5.73 Å². The summed E-state index contributed by atoms with van der Waals surface area (Å²) in [4.78, 5) is 14.3. The summed E-state index contributed by atoms with van der Waals surface area (Å²) in [7, 11) is 0. The van der Waals surface area contributed by atoms with Crippen LogP contribution in [0.4, 0.5) is 0 Å². The topological polar surface area (TPSA) is 55.6 Å². The molecule has 0 bridgehead atoms. The van der Waals surface area contributed by atoms with Crippen LogP contribution >= 0.6 is 12.2 Å². The molecule has 1 saturated heterocycles. The van der Waals surface area contributed by atoms with E-state index < -0.39 is 0 Å². The lowest BCUT2D eigenvalue weighted by Crippen LogP contribution is -2.52. The number of hydrogen-bond acceptors (Lipinski definition) is 3. The lowest BCUT2D eigenvalue weighted by atomic mass is 9.88. The van der Waals surface area contributed by atoms with Crippen LogP contribution in [-0.2, 0) is 9.53 Å². The first-order chi connectivity index (χ1) is 7.38. The van der Waals surface area contributed by atoms with Crippen LogP contribution in [0.2, 0.25) is 0 Å². The number of carbonyl (C=O) groups excluding carboxylic acids is 1. The smallest absolute Gasteiger partial charge is 0.228 e. The summed E-state index contributed by atoms with van der Waals surface area (Å²) in [6.07, 6.45) is 0.529. The third kappa shape index (κ3) is 2.92. The molecule has 1 fully saturated rings. The van der Waals surface area contributed by atoms with E-state index in [1.54, 1.807) is 4.90 Å². The molecule has 92 valence electrons. The van der Waals surface area contributed by atoms with Crippen LogP contribution in [-0.4, -0.2) is 41.6 Å². The van der Waals surface area contributed by atoms with Crippen LogP contribution in [0.25, 0.3) is 0 Å². The molecular formula is C11H20N2O2S. The Labute approximate surface area is 102 Å². The van der Waals surface area contributed by atoms with Gasteiger partial charge in [0.1, 0.15) is 11.1 Å². The SMILES string of the molecule is CCC(C)(C)C(=O)N1CCOC(C(N)=S)C1. The highest BCUT2D eigenvalue weighted by Crippen LogP contribution is 2.24. The summed E-state index contributed by atoms with van der Waals surface area (Å²) in [5.74, 6) is 0.152. The summed E-state index contributed by atoms with van der Waals surface area (Å²) in [5.41, 5.74) is 5.22. The molecule has 1 rings (SSSR count). The quantitative estimate of drug-likeness (QED) is 0.751. The van der Waals surface area contributed by atoms with Crippen LogP contribution in [0.15, 0.2) is 0 Å². The molecular weight excluding hydrogens is 224 g/mol. The van der Waals surface area contributed by atoms with Gasteiger partial charge in [-0.1, -0.05) is 33.0 Å². The van der Waals surface area contributed by atoms with Crippen molar-refractivity contribution in [3.8, 4) is 0 Å². The van der Waals surface area contributed by atoms with E-state index in [1.165, 1.54) is 0 Å². The van der Waals surface area contributed by atoms with Crippen LogP contribution in [0.1, 0.15) is 27.2 Å². The second-order valence-electron chi connectivity index (χ2n) is 4.75. The zero-order valence-corrected chi connectivity index (χ0v) is 11.0. The predicted octanol–water partition coefficient (Wildman–Crippen LogP) is 0.936. The monoisotopic (exact) mass is 244 g/mol. The number of amides is 1. The van der Waals surface area contributed by atoms with Crippen LogP contribution in [0, 0.1) is 5.41 Å². The fraction of sp³-hybridized carbons (Fsp3) is 0.818. The molecule has 2 N–H and O–H groups in total. The van der Waals surface area contributed by atoms with Gasteiger partial charge < -0.3 is 15.4 Å². The van der Waals surface area contributed by atoms with Crippen molar-refractivity contribution in [2.75, 3.05) is 19.7 Å². The van der Waals surface area contributed by atoms with Gasteiger partial charge in [0.15, 0.2) is 0 Å². The lowest BCUT2D eigenvalue weighted by molar-refractivity contribution is -0.146. The standard InChI is InChI=1S/C11H20N2O2S/c1-4-11(2,3)10(14)13-5-6-15-8(7-13)9(12)16/h8H,4-7H2,1-3H3,(H2,12,16). The van der Waals surface area contributed by atoms with Crippen molar-refractivity contribution < 1.29 is 9.53 Å². The Morgan fingerprint density at radius 1 is 1.62 bits per heavy atom. The van der Waals surface area contributed by atoms with Crippen molar-refractivity contribution in [2.45, 2.75) is 33.3 Å². The van der Waals surface area contributed by atoms with E-state index in [1.807, 2.05) is 20.8 Å². The van der Waals surface area contributed by atoms with E-state index in [4.69, 9.17) is 22.7 Å². The van der Waals surface area contributed by atoms with Crippen molar-refractivity contribution >= 4 is 23.1 Å². The normalized spacial score (nSPS) is 21.9. The molecule has 16 heavy (non-hydrogen) atoms. The van der Waals surface area contributed by atoms with Gasteiger partial charge in [0.05, 0.1) is 13.2 Å². The van der Waals surface area contributed by atoms with Gasteiger partial charge in [-0.25, -0.2) is 0 Å². The van der Waals surface area contributed by atoms with Crippen molar-refractivity contribution in [1.82, 2.24) is 4.90 Å². The molecule has 0 spiro atoms. The van der Waals surface area contributed by atoms with Crippen molar-refractivity contribution in [3.05, 3.63) is 0 Å². The number of hydrogen-bond donors (Lipinski definition) is 1. The molecule has 1 unspecified atom stereocenters. The average Bonchev–Trinajstić information content (AvgIpc) is 2.28. The second-order valence-corrected chi connectivity index (χ2v) is 5.22. The molecule has 0 aromatic carbocycles. The maximum absolute atomic E-state index is 12.2. The van der Waals surface area contributed by atoms with Crippen LogP contribution in [0.3, 0.4) is 0 Å². The Kier molecular flexibility index (Phi) is 4.27. The first-order valence-electron chi connectivity index (χ1n) is 5.58. The van der Waals surface area contributed by atoms with Gasteiger partial charge in [0, 0.05) is 12.0 Å². The molecule has 1 heterocycles. The van der Waals surface area contributed by atoms with E-state index in [9.17, 15) is 4.79 Å². The van der Waals surface area contributed by atoms with E-state index in [0.29, 0.717) is 24.7 Å². The highest BCUT2D eigenvalue weighted by Gasteiger charge is 2.34. The number of ether oxygens (including phenoxy) is 1. The Morgan fingerprint density at radius 2 is 2.25 bits per heavy atom. The summed E-state index contributed by atoms with van der Waals surface area (Å²) >= 11 is 4.89. The van der Waals surface area contributed by atoms with E-state index in [2.05, 4.69) is 0 Å². The van der Waals surface area contributed by atoms with Crippen molar-refractivity contribution in [1.29, 1.82) is 0 Å². The number of carbonyl (C=O) groups is 1. The third-order valence-corrected chi connectivity index (χ3v) is 3.40. The molecule has 1 aliphatic rings. The summed E-state index contributed by atoms with van der Waals surface area (Å²) in [6, 6.07) is 0. The number of rotatable bonds is 3. The Balaban J connectivity index is 2.67. The minimum absolute atomic E-state index is 0.152. The van der Waals surface area contributed by atoms with Gasteiger partial charge in [-0.2, -0.15) is 0 Å².